The van der Waals surface area contributed by atoms with Gasteiger partial charge in [0.2, 0.25) is 5.95 Å². The van der Waals surface area contributed by atoms with Crippen LogP contribution >= 0.6 is 0 Å². The first kappa shape index (κ1) is 22.2. The molecule has 1 aliphatic rings. The lowest BCUT2D eigenvalue weighted by Gasteiger charge is -2.32. The SMILES string of the molecule is Cc1ccc(Nc2nc(N3CCN[C@H](C)C3)nc3cnn(CCOCC(F)(F)F)c23)nc1. The second-order valence-corrected chi connectivity index (χ2v) is 7.79. The van der Waals surface area contributed by atoms with Crippen LogP contribution in [0, 0.1) is 6.92 Å². The molecule has 0 aromatic carbocycles. The summed E-state index contributed by atoms with van der Waals surface area (Å²) in [5.74, 6) is 1.64. The monoisotopic (exact) mass is 450 g/mol. The summed E-state index contributed by atoms with van der Waals surface area (Å²) in [6.07, 6.45) is -1.04. The second-order valence-electron chi connectivity index (χ2n) is 7.79. The van der Waals surface area contributed by atoms with Gasteiger partial charge in [0.25, 0.3) is 0 Å². The molecular formula is C20H25F3N8O. The first-order valence-corrected chi connectivity index (χ1v) is 10.3. The van der Waals surface area contributed by atoms with Crippen LogP contribution < -0.4 is 15.5 Å². The Balaban J connectivity index is 1.64. The van der Waals surface area contributed by atoms with Crippen molar-refractivity contribution in [2.75, 3.05) is 43.1 Å². The zero-order valence-corrected chi connectivity index (χ0v) is 17.9. The number of alkyl halides is 3. The summed E-state index contributed by atoms with van der Waals surface area (Å²) in [7, 11) is 0. The number of nitrogens with one attached hydrogen (secondary N) is 2. The molecule has 0 amide bonds. The number of pyridine rings is 1. The van der Waals surface area contributed by atoms with E-state index >= 15 is 0 Å². The van der Waals surface area contributed by atoms with Crippen molar-refractivity contribution in [3.05, 3.63) is 30.1 Å². The third-order valence-corrected chi connectivity index (χ3v) is 5.00. The molecule has 2 N–H and O–H groups in total. The van der Waals surface area contributed by atoms with Crippen molar-refractivity contribution in [1.82, 2.24) is 30.0 Å². The van der Waals surface area contributed by atoms with Crippen LogP contribution in [0.25, 0.3) is 11.0 Å². The molecule has 12 heteroatoms. The molecule has 32 heavy (non-hydrogen) atoms. The molecule has 0 spiro atoms. The molecule has 0 unspecified atom stereocenters. The summed E-state index contributed by atoms with van der Waals surface area (Å²) in [5.41, 5.74) is 2.19. The van der Waals surface area contributed by atoms with Crippen molar-refractivity contribution in [2.24, 2.45) is 0 Å². The van der Waals surface area contributed by atoms with Gasteiger partial charge in [0.05, 0.1) is 19.3 Å². The number of anilines is 3. The minimum absolute atomic E-state index is 0.128. The van der Waals surface area contributed by atoms with Gasteiger partial charge >= 0.3 is 6.18 Å². The molecule has 0 bridgehead atoms. The highest BCUT2D eigenvalue weighted by atomic mass is 19.4. The van der Waals surface area contributed by atoms with Gasteiger partial charge in [-0.3, -0.25) is 4.68 Å². The molecule has 4 rings (SSSR count). The summed E-state index contributed by atoms with van der Waals surface area (Å²) in [6.45, 7) is 5.06. The van der Waals surface area contributed by atoms with E-state index in [1.165, 1.54) is 0 Å². The highest BCUT2D eigenvalue weighted by Crippen LogP contribution is 2.26. The van der Waals surface area contributed by atoms with Crippen molar-refractivity contribution in [3.63, 3.8) is 0 Å². The minimum Gasteiger partial charge on any atom is -0.370 e. The molecule has 3 aromatic heterocycles. The molecule has 0 radical (unpaired) electrons. The zero-order chi connectivity index (χ0) is 22.7. The maximum Gasteiger partial charge on any atom is 0.411 e. The predicted octanol–water partition coefficient (Wildman–Crippen LogP) is 2.65. The first-order valence-electron chi connectivity index (χ1n) is 10.3. The Morgan fingerprint density at radius 1 is 1.25 bits per heavy atom. The topological polar surface area (TPSA) is 93.0 Å². The maximum absolute atomic E-state index is 12.4. The summed E-state index contributed by atoms with van der Waals surface area (Å²) < 4.78 is 43.4. The van der Waals surface area contributed by atoms with E-state index in [-0.39, 0.29) is 13.2 Å². The summed E-state index contributed by atoms with van der Waals surface area (Å²) >= 11 is 0. The van der Waals surface area contributed by atoms with Crippen LogP contribution in [-0.2, 0) is 11.3 Å². The number of aromatic nitrogens is 5. The summed E-state index contributed by atoms with van der Waals surface area (Å²) in [4.78, 5) is 15.9. The van der Waals surface area contributed by atoms with Crippen molar-refractivity contribution in [1.29, 1.82) is 0 Å². The minimum atomic E-state index is -4.37. The van der Waals surface area contributed by atoms with Crippen LogP contribution in [0.2, 0.25) is 0 Å². The number of halogens is 3. The third kappa shape index (κ3) is 5.43. The Kier molecular flexibility index (Phi) is 6.42. The molecule has 1 aliphatic heterocycles. The Hall–Kier alpha value is -2.99. The van der Waals surface area contributed by atoms with E-state index in [0.29, 0.717) is 34.7 Å². The van der Waals surface area contributed by atoms with E-state index in [1.807, 2.05) is 19.1 Å². The lowest BCUT2D eigenvalue weighted by Crippen LogP contribution is -2.49. The van der Waals surface area contributed by atoms with Gasteiger partial charge < -0.3 is 20.3 Å². The number of rotatable bonds is 7. The molecule has 0 aliphatic carbocycles. The van der Waals surface area contributed by atoms with E-state index in [2.05, 4.69) is 37.5 Å². The lowest BCUT2D eigenvalue weighted by atomic mass is 10.2. The van der Waals surface area contributed by atoms with E-state index < -0.39 is 12.8 Å². The van der Waals surface area contributed by atoms with Crippen LogP contribution in [0.4, 0.5) is 30.8 Å². The van der Waals surface area contributed by atoms with E-state index in [4.69, 9.17) is 9.72 Å². The van der Waals surface area contributed by atoms with E-state index in [9.17, 15) is 13.2 Å². The van der Waals surface area contributed by atoms with Crippen molar-refractivity contribution < 1.29 is 17.9 Å². The summed E-state index contributed by atoms with van der Waals surface area (Å²) in [5, 5.41) is 10.9. The third-order valence-electron chi connectivity index (χ3n) is 5.00. The molecule has 172 valence electrons. The van der Waals surface area contributed by atoms with Crippen molar-refractivity contribution in [2.45, 2.75) is 32.6 Å². The van der Waals surface area contributed by atoms with Gasteiger partial charge in [-0.1, -0.05) is 6.07 Å². The Bertz CT molecular complexity index is 1050. The predicted molar refractivity (Wildman–Crippen MR) is 114 cm³/mol. The number of hydrogen-bond acceptors (Lipinski definition) is 8. The van der Waals surface area contributed by atoms with Crippen LogP contribution in [0.1, 0.15) is 12.5 Å². The average molecular weight is 450 g/mol. The number of hydrogen-bond donors (Lipinski definition) is 2. The highest BCUT2D eigenvalue weighted by molar-refractivity contribution is 5.88. The fourth-order valence-corrected chi connectivity index (χ4v) is 3.50. The number of fused-ring (bicyclic) bond motifs is 1. The van der Waals surface area contributed by atoms with E-state index in [1.54, 1.807) is 17.1 Å². The van der Waals surface area contributed by atoms with Gasteiger partial charge in [0.1, 0.15) is 23.5 Å². The quantitative estimate of drug-likeness (QED) is 0.531. The van der Waals surface area contributed by atoms with Crippen LogP contribution in [0.15, 0.2) is 24.5 Å². The molecule has 1 saturated heterocycles. The van der Waals surface area contributed by atoms with Gasteiger partial charge in [-0.05, 0) is 25.5 Å². The average Bonchev–Trinajstić information content (AvgIpc) is 3.15. The molecule has 3 aromatic rings. The summed E-state index contributed by atoms with van der Waals surface area (Å²) in [6, 6.07) is 4.06. The number of piperazine rings is 1. The zero-order valence-electron chi connectivity index (χ0n) is 17.9. The molecule has 0 saturated carbocycles. The lowest BCUT2D eigenvalue weighted by molar-refractivity contribution is -0.174. The number of nitrogens with zero attached hydrogens (tertiary/aromatic N) is 6. The Labute approximate surface area is 183 Å². The normalized spacial score (nSPS) is 17.2. The molecule has 4 heterocycles. The maximum atomic E-state index is 12.4. The van der Waals surface area contributed by atoms with Crippen LogP contribution in [0.3, 0.4) is 0 Å². The van der Waals surface area contributed by atoms with Crippen molar-refractivity contribution in [3.8, 4) is 0 Å². The van der Waals surface area contributed by atoms with Gasteiger partial charge in [0.15, 0.2) is 5.82 Å². The van der Waals surface area contributed by atoms with E-state index in [0.717, 1.165) is 25.2 Å². The number of ether oxygens (including phenoxy) is 1. The fourth-order valence-electron chi connectivity index (χ4n) is 3.50. The standard InChI is InChI=1S/C20H25F3N8O/c1-13-3-4-16(25-9-13)28-18-17-15(10-26-31(17)7-8-32-12-20(21,22)23)27-19(29-18)30-6-5-24-14(2)11-30/h3-4,9-10,14,24H,5-8,11-12H2,1-2H3,(H,25,27,28,29)/t14-/m1/s1. The number of aryl methyl sites for hydroxylation is 1. The largest absolute Gasteiger partial charge is 0.411 e. The van der Waals surface area contributed by atoms with Gasteiger partial charge in [-0.25, -0.2) is 9.97 Å². The Morgan fingerprint density at radius 2 is 2.09 bits per heavy atom. The van der Waals surface area contributed by atoms with Crippen LogP contribution in [0.5, 0.6) is 0 Å². The fraction of sp³-hybridized carbons (Fsp3) is 0.500. The molecular weight excluding hydrogens is 425 g/mol. The molecule has 1 fully saturated rings. The van der Waals surface area contributed by atoms with Gasteiger partial charge in [0, 0.05) is 31.9 Å². The first-order chi connectivity index (χ1) is 15.3. The van der Waals surface area contributed by atoms with Crippen molar-refractivity contribution >= 4 is 28.6 Å². The second kappa shape index (κ2) is 9.25. The van der Waals surface area contributed by atoms with Crippen LogP contribution in [-0.4, -0.2) is 69.8 Å². The van der Waals surface area contributed by atoms with Gasteiger partial charge in [-0.2, -0.15) is 23.3 Å². The Morgan fingerprint density at radius 3 is 2.81 bits per heavy atom. The molecule has 1 atom stereocenters. The highest BCUT2D eigenvalue weighted by Gasteiger charge is 2.27. The van der Waals surface area contributed by atoms with Gasteiger partial charge in [-0.15, -0.1) is 0 Å². The smallest absolute Gasteiger partial charge is 0.370 e. The molecule has 9 nitrogen and oxygen atoms in total.